The monoisotopic (exact) mass is 638 g/mol. The van der Waals surface area contributed by atoms with Crippen molar-refractivity contribution < 1.29 is 32.3 Å². The maximum atomic E-state index is 14.0. The highest BCUT2D eigenvalue weighted by molar-refractivity contribution is 5.90. The second kappa shape index (κ2) is 16.3. The van der Waals surface area contributed by atoms with Gasteiger partial charge in [0.15, 0.2) is 0 Å². The minimum absolute atomic E-state index is 0.0897. The Bertz CT molecular complexity index is 1420. The molecule has 2 N–H and O–H groups in total. The molecule has 0 aromatic heterocycles. The van der Waals surface area contributed by atoms with Crippen LogP contribution in [-0.4, -0.2) is 78.5 Å². The molecule has 1 heterocycles. The smallest absolute Gasteiger partial charge is 0.457 e. The van der Waals surface area contributed by atoms with E-state index >= 15 is 0 Å². The Hall–Kier alpha value is -4.38. The number of likely N-dealkylation sites (N-methyl/N-ethyl adjacent to an activating group) is 1. The second-order valence-electron chi connectivity index (χ2n) is 11.5. The summed E-state index contributed by atoms with van der Waals surface area (Å²) in [6, 6.07) is 23.8. The number of carbonyl (C=O) groups excluding carboxylic acids is 3. The second-order valence-corrected chi connectivity index (χ2v) is 11.5. The van der Waals surface area contributed by atoms with E-state index in [2.05, 4.69) is 10.6 Å². The first-order chi connectivity index (χ1) is 22.0. The molecule has 0 saturated carbocycles. The Morgan fingerprint density at radius 2 is 1.54 bits per heavy atom. The van der Waals surface area contributed by atoms with Crippen LogP contribution in [0.25, 0.3) is 0 Å². The number of halogens is 3. The SMILES string of the molecule is CN[C@@H](C)C(=O)N[C@@H](Cc1ccc(Oc2ccccc2)cc1)C(=O)N1CCC[C@H]1CCN(CCc1ccccc1)C(=O)C(F)(F)F. The third kappa shape index (κ3) is 9.81. The number of rotatable bonds is 14. The van der Waals surface area contributed by atoms with Crippen molar-refractivity contribution in [3.05, 3.63) is 96.1 Å². The number of likely N-dealkylation sites (tertiary alicyclic amines) is 1. The highest BCUT2D eigenvalue weighted by Crippen LogP contribution is 2.26. The first-order valence-corrected chi connectivity index (χ1v) is 15.5. The van der Waals surface area contributed by atoms with Crippen LogP contribution in [0, 0.1) is 0 Å². The summed E-state index contributed by atoms with van der Waals surface area (Å²) in [5.41, 5.74) is 1.63. The van der Waals surface area contributed by atoms with Crippen molar-refractivity contribution in [2.75, 3.05) is 26.7 Å². The third-order valence-corrected chi connectivity index (χ3v) is 8.22. The molecule has 8 nitrogen and oxygen atoms in total. The predicted molar refractivity (Wildman–Crippen MR) is 169 cm³/mol. The number of hydrogen-bond donors (Lipinski definition) is 2. The summed E-state index contributed by atoms with van der Waals surface area (Å²) in [7, 11) is 1.65. The Morgan fingerprint density at radius 1 is 0.913 bits per heavy atom. The minimum Gasteiger partial charge on any atom is -0.457 e. The molecule has 0 bridgehead atoms. The lowest BCUT2D eigenvalue weighted by Gasteiger charge is -2.32. The molecule has 0 unspecified atom stereocenters. The predicted octanol–water partition coefficient (Wildman–Crippen LogP) is 5.13. The molecule has 1 aliphatic rings. The number of alkyl halides is 3. The average Bonchev–Trinajstić information content (AvgIpc) is 3.53. The number of benzene rings is 3. The van der Waals surface area contributed by atoms with Gasteiger partial charge in [0.05, 0.1) is 6.04 Å². The van der Waals surface area contributed by atoms with Gasteiger partial charge >= 0.3 is 12.1 Å². The largest absolute Gasteiger partial charge is 0.471 e. The molecule has 1 fully saturated rings. The number of hydrogen-bond acceptors (Lipinski definition) is 5. The fourth-order valence-electron chi connectivity index (χ4n) is 5.52. The van der Waals surface area contributed by atoms with Crippen LogP contribution in [0.3, 0.4) is 0 Å². The molecule has 0 radical (unpaired) electrons. The van der Waals surface area contributed by atoms with E-state index in [0.29, 0.717) is 30.9 Å². The van der Waals surface area contributed by atoms with E-state index in [1.165, 1.54) is 0 Å². The van der Waals surface area contributed by atoms with Gasteiger partial charge < -0.3 is 25.2 Å². The molecule has 3 aromatic carbocycles. The summed E-state index contributed by atoms with van der Waals surface area (Å²) >= 11 is 0. The third-order valence-electron chi connectivity index (χ3n) is 8.22. The van der Waals surface area contributed by atoms with E-state index < -0.39 is 24.2 Å². The Morgan fingerprint density at radius 3 is 2.17 bits per heavy atom. The molecular weight excluding hydrogens is 597 g/mol. The van der Waals surface area contributed by atoms with Gasteiger partial charge in [0.2, 0.25) is 11.8 Å². The van der Waals surface area contributed by atoms with Gasteiger partial charge in [-0.05, 0) is 75.0 Å². The Balaban J connectivity index is 1.45. The Labute approximate surface area is 267 Å². The van der Waals surface area contributed by atoms with Crippen LogP contribution < -0.4 is 15.4 Å². The van der Waals surface area contributed by atoms with Gasteiger partial charge in [0, 0.05) is 32.1 Å². The van der Waals surface area contributed by atoms with Crippen molar-refractivity contribution in [2.45, 2.75) is 63.3 Å². The fourth-order valence-corrected chi connectivity index (χ4v) is 5.52. The highest BCUT2D eigenvalue weighted by Gasteiger charge is 2.43. The van der Waals surface area contributed by atoms with Gasteiger partial charge in [-0.15, -0.1) is 0 Å². The lowest BCUT2D eigenvalue weighted by Crippen LogP contribution is -2.54. The molecule has 246 valence electrons. The van der Waals surface area contributed by atoms with Crippen molar-refractivity contribution in [2.24, 2.45) is 0 Å². The van der Waals surface area contributed by atoms with Gasteiger partial charge in [-0.2, -0.15) is 13.2 Å². The minimum atomic E-state index is -5.00. The zero-order valence-electron chi connectivity index (χ0n) is 26.1. The fraction of sp³-hybridized carbons (Fsp3) is 0.400. The summed E-state index contributed by atoms with van der Waals surface area (Å²) in [4.78, 5) is 41.7. The van der Waals surface area contributed by atoms with Gasteiger partial charge in [-0.3, -0.25) is 14.4 Å². The van der Waals surface area contributed by atoms with E-state index in [4.69, 9.17) is 4.74 Å². The first-order valence-electron chi connectivity index (χ1n) is 15.5. The number of ether oxygens (including phenoxy) is 1. The summed E-state index contributed by atoms with van der Waals surface area (Å²) in [6.07, 6.45) is -3.04. The van der Waals surface area contributed by atoms with Gasteiger partial charge in [0.25, 0.3) is 0 Å². The van der Waals surface area contributed by atoms with E-state index in [9.17, 15) is 27.6 Å². The molecule has 11 heteroatoms. The normalized spacial score (nSPS) is 16.0. The lowest BCUT2D eigenvalue weighted by atomic mass is 10.0. The van der Waals surface area contributed by atoms with Crippen molar-refractivity contribution in [3.8, 4) is 11.5 Å². The molecule has 1 saturated heterocycles. The van der Waals surface area contributed by atoms with Crippen LogP contribution in [0.4, 0.5) is 13.2 Å². The topological polar surface area (TPSA) is 91.0 Å². The maximum absolute atomic E-state index is 14.0. The molecule has 3 atom stereocenters. The summed E-state index contributed by atoms with van der Waals surface area (Å²) < 4.78 is 46.3. The van der Waals surface area contributed by atoms with Crippen molar-refractivity contribution >= 4 is 17.7 Å². The van der Waals surface area contributed by atoms with Gasteiger partial charge in [0.1, 0.15) is 17.5 Å². The zero-order valence-corrected chi connectivity index (χ0v) is 26.1. The Kier molecular flexibility index (Phi) is 12.2. The summed E-state index contributed by atoms with van der Waals surface area (Å²) in [5, 5.41) is 5.75. The molecule has 0 spiro atoms. The van der Waals surface area contributed by atoms with E-state index in [-0.39, 0.29) is 50.2 Å². The molecular formula is C35H41F3N4O4. The number of nitrogens with zero attached hydrogens (tertiary/aromatic N) is 2. The average molecular weight is 639 g/mol. The maximum Gasteiger partial charge on any atom is 0.471 e. The first kappa shape index (κ1) is 34.5. The van der Waals surface area contributed by atoms with Crippen LogP contribution in [0.15, 0.2) is 84.9 Å². The number of nitrogens with one attached hydrogen (secondary N) is 2. The van der Waals surface area contributed by atoms with Crippen LogP contribution in [0.2, 0.25) is 0 Å². The zero-order chi connectivity index (χ0) is 33.1. The molecule has 3 amide bonds. The number of carbonyl (C=O) groups is 3. The van der Waals surface area contributed by atoms with Gasteiger partial charge in [-0.25, -0.2) is 0 Å². The summed E-state index contributed by atoms with van der Waals surface area (Å²) in [5.74, 6) is -1.22. The molecule has 0 aliphatic carbocycles. The number of para-hydroxylation sites is 1. The quantitative estimate of drug-likeness (QED) is 0.256. The van der Waals surface area contributed by atoms with Crippen molar-refractivity contribution in [1.82, 2.24) is 20.4 Å². The van der Waals surface area contributed by atoms with Crippen molar-refractivity contribution in [1.29, 1.82) is 0 Å². The van der Waals surface area contributed by atoms with E-state index in [0.717, 1.165) is 16.0 Å². The highest BCUT2D eigenvalue weighted by atomic mass is 19.4. The molecule has 46 heavy (non-hydrogen) atoms. The summed E-state index contributed by atoms with van der Waals surface area (Å²) in [6.45, 7) is 1.87. The molecule has 4 rings (SSSR count). The van der Waals surface area contributed by atoms with Crippen LogP contribution in [0.1, 0.15) is 37.3 Å². The van der Waals surface area contributed by atoms with Crippen molar-refractivity contribution in [3.63, 3.8) is 0 Å². The number of amides is 3. The van der Waals surface area contributed by atoms with Crippen LogP contribution in [0.5, 0.6) is 11.5 Å². The van der Waals surface area contributed by atoms with Crippen LogP contribution >= 0.6 is 0 Å². The van der Waals surface area contributed by atoms with Gasteiger partial charge in [-0.1, -0.05) is 60.7 Å². The molecule has 3 aromatic rings. The van der Waals surface area contributed by atoms with E-state index in [1.807, 2.05) is 48.5 Å². The molecule has 1 aliphatic heterocycles. The van der Waals surface area contributed by atoms with E-state index in [1.54, 1.807) is 55.3 Å². The lowest BCUT2D eigenvalue weighted by molar-refractivity contribution is -0.185. The van der Waals surface area contributed by atoms with Crippen LogP contribution in [-0.2, 0) is 27.2 Å². The standard InChI is InChI=1S/C35H41F3N4O4/c1-25(39-2)32(43)40-31(24-27-15-17-30(18-16-27)46-29-13-7-4-8-14-29)33(44)42-21-9-12-28(42)20-23-41(34(45)35(36,37)38)22-19-26-10-5-3-6-11-26/h3-8,10-11,13-18,25,28,31,39H,9,12,19-24H2,1-2H3,(H,40,43)/t25-,28-,31-/m0/s1.